The van der Waals surface area contributed by atoms with Gasteiger partial charge in [0, 0.05) is 5.69 Å². The summed E-state index contributed by atoms with van der Waals surface area (Å²) in [6.45, 7) is 4.08. The summed E-state index contributed by atoms with van der Waals surface area (Å²) in [6, 6.07) is 11.7. The van der Waals surface area contributed by atoms with Crippen LogP contribution in [0.15, 0.2) is 41.5 Å². The maximum atomic E-state index is 6.99. The second-order valence-electron chi connectivity index (χ2n) is 4.19. The first kappa shape index (κ1) is 11.3. The van der Waals surface area contributed by atoms with Crippen molar-refractivity contribution in [3.8, 4) is 11.1 Å². The smallest absolute Gasteiger partial charge is 0.0853 e. The summed E-state index contributed by atoms with van der Waals surface area (Å²) in [6.07, 6.45) is 0. The van der Waals surface area contributed by atoms with Gasteiger partial charge in [-0.15, -0.1) is 0 Å². The van der Waals surface area contributed by atoms with Crippen LogP contribution in [0.3, 0.4) is 0 Å². The van der Waals surface area contributed by atoms with Gasteiger partial charge >= 0.3 is 0 Å². The second kappa shape index (κ2) is 4.37. The number of hydrogen-bond donors (Lipinski definition) is 2. The Balaban J connectivity index is 2.56. The Morgan fingerprint density at radius 3 is 2.06 bits per heavy atom. The highest BCUT2D eigenvalue weighted by Crippen LogP contribution is 2.30. The van der Waals surface area contributed by atoms with Crippen molar-refractivity contribution < 1.29 is 0 Å². The first-order valence-corrected chi connectivity index (χ1v) is 5.46. The lowest BCUT2D eigenvalue weighted by Gasteiger charge is -2.10. The maximum absolute atomic E-state index is 6.99. The normalized spacial score (nSPS) is 10.2. The van der Waals surface area contributed by atoms with Crippen molar-refractivity contribution in [1.29, 1.82) is 5.53 Å². The molecule has 0 heterocycles. The van der Waals surface area contributed by atoms with Crippen molar-refractivity contribution >= 4 is 11.4 Å². The average Bonchev–Trinajstić information content (AvgIpc) is 2.30. The predicted molar refractivity (Wildman–Crippen MR) is 70.6 cm³/mol. The van der Waals surface area contributed by atoms with Gasteiger partial charge in [0.1, 0.15) is 0 Å². The first-order chi connectivity index (χ1) is 8.11. The molecular weight excluding hydrogens is 210 g/mol. The summed E-state index contributed by atoms with van der Waals surface area (Å²) in [5.41, 5.74) is 18.8. The SMILES string of the molecule is Cc1cc(N)ccc1-c1ccc(N=N)cc1C. The number of hydrogen-bond acceptors (Lipinski definition) is 3. The molecule has 3 N–H and O–H groups in total. The summed E-state index contributed by atoms with van der Waals surface area (Å²) < 4.78 is 0. The molecule has 2 aromatic rings. The third-order valence-electron chi connectivity index (χ3n) is 2.88. The van der Waals surface area contributed by atoms with E-state index in [2.05, 4.69) is 5.11 Å². The highest BCUT2D eigenvalue weighted by molar-refractivity contribution is 5.73. The number of nitrogens with zero attached hydrogens (tertiary/aromatic N) is 1. The molecule has 0 saturated heterocycles. The van der Waals surface area contributed by atoms with E-state index in [0.717, 1.165) is 22.4 Å². The van der Waals surface area contributed by atoms with Crippen LogP contribution in [0.25, 0.3) is 11.1 Å². The molecule has 0 bridgehead atoms. The molecule has 0 radical (unpaired) electrons. The fourth-order valence-corrected chi connectivity index (χ4v) is 2.01. The summed E-state index contributed by atoms with van der Waals surface area (Å²) in [5.74, 6) is 0. The van der Waals surface area contributed by atoms with Gasteiger partial charge in [0.25, 0.3) is 0 Å². The van der Waals surface area contributed by atoms with E-state index in [9.17, 15) is 0 Å². The lowest BCUT2D eigenvalue weighted by molar-refractivity contribution is 1.14. The molecule has 0 atom stereocenters. The van der Waals surface area contributed by atoms with E-state index in [1.165, 1.54) is 5.56 Å². The number of rotatable bonds is 2. The highest BCUT2D eigenvalue weighted by Gasteiger charge is 2.06. The molecule has 3 heteroatoms. The monoisotopic (exact) mass is 225 g/mol. The molecule has 2 rings (SSSR count). The van der Waals surface area contributed by atoms with Gasteiger partial charge in [-0.2, -0.15) is 5.11 Å². The molecule has 0 aliphatic carbocycles. The lowest BCUT2D eigenvalue weighted by atomic mass is 9.96. The molecule has 0 saturated carbocycles. The summed E-state index contributed by atoms with van der Waals surface area (Å²) in [7, 11) is 0. The van der Waals surface area contributed by atoms with Gasteiger partial charge in [0.15, 0.2) is 0 Å². The summed E-state index contributed by atoms with van der Waals surface area (Å²) in [4.78, 5) is 0. The predicted octanol–water partition coefficient (Wildman–Crippen LogP) is 4.22. The van der Waals surface area contributed by atoms with Gasteiger partial charge in [-0.3, -0.25) is 0 Å². The van der Waals surface area contributed by atoms with Crippen molar-refractivity contribution in [2.24, 2.45) is 5.11 Å². The van der Waals surface area contributed by atoms with E-state index in [4.69, 9.17) is 11.3 Å². The zero-order chi connectivity index (χ0) is 12.4. The van der Waals surface area contributed by atoms with Crippen LogP contribution in [0.4, 0.5) is 11.4 Å². The fraction of sp³-hybridized carbons (Fsp3) is 0.143. The minimum Gasteiger partial charge on any atom is -0.399 e. The average molecular weight is 225 g/mol. The van der Waals surface area contributed by atoms with Gasteiger partial charge in [-0.05, 0) is 60.4 Å². The van der Waals surface area contributed by atoms with Crippen molar-refractivity contribution in [2.45, 2.75) is 13.8 Å². The van der Waals surface area contributed by atoms with Gasteiger partial charge in [0.05, 0.1) is 5.69 Å². The Bertz CT molecular complexity index is 574. The van der Waals surface area contributed by atoms with Crippen LogP contribution in [0.2, 0.25) is 0 Å². The van der Waals surface area contributed by atoms with E-state index < -0.39 is 0 Å². The Kier molecular flexibility index (Phi) is 2.91. The van der Waals surface area contributed by atoms with Crippen molar-refractivity contribution in [3.63, 3.8) is 0 Å². The topological polar surface area (TPSA) is 62.2 Å². The minimum atomic E-state index is 0.680. The zero-order valence-electron chi connectivity index (χ0n) is 9.99. The zero-order valence-corrected chi connectivity index (χ0v) is 9.99. The molecule has 0 fully saturated rings. The summed E-state index contributed by atoms with van der Waals surface area (Å²) >= 11 is 0. The molecule has 0 spiro atoms. The summed E-state index contributed by atoms with van der Waals surface area (Å²) in [5, 5.41) is 3.43. The van der Waals surface area contributed by atoms with Crippen molar-refractivity contribution in [2.75, 3.05) is 5.73 Å². The second-order valence-corrected chi connectivity index (χ2v) is 4.19. The largest absolute Gasteiger partial charge is 0.399 e. The molecule has 2 aromatic carbocycles. The fourth-order valence-electron chi connectivity index (χ4n) is 2.01. The molecule has 0 aromatic heterocycles. The third-order valence-corrected chi connectivity index (χ3v) is 2.88. The number of nitrogens with one attached hydrogen (secondary N) is 1. The highest BCUT2D eigenvalue weighted by atomic mass is 15.0. The molecule has 0 amide bonds. The lowest BCUT2D eigenvalue weighted by Crippen LogP contribution is -1.90. The van der Waals surface area contributed by atoms with E-state index >= 15 is 0 Å². The van der Waals surface area contributed by atoms with Gasteiger partial charge < -0.3 is 5.73 Å². The maximum Gasteiger partial charge on any atom is 0.0853 e. The van der Waals surface area contributed by atoms with E-state index in [-0.39, 0.29) is 0 Å². The Hall–Kier alpha value is -2.16. The van der Waals surface area contributed by atoms with E-state index in [1.807, 2.05) is 50.2 Å². The van der Waals surface area contributed by atoms with Crippen LogP contribution in [0.5, 0.6) is 0 Å². The molecular formula is C14H15N3. The van der Waals surface area contributed by atoms with E-state index in [1.54, 1.807) is 0 Å². The Labute approximate surface area is 101 Å². The number of anilines is 1. The van der Waals surface area contributed by atoms with Crippen LogP contribution < -0.4 is 5.73 Å². The van der Waals surface area contributed by atoms with Crippen molar-refractivity contribution in [1.82, 2.24) is 0 Å². The standard InChI is InChI=1S/C14H15N3/c1-9-7-11(15)3-5-13(9)14-6-4-12(17-16)8-10(14)2/h3-8,16H,15H2,1-2H3. The molecule has 0 aliphatic rings. The number of aryl methyl sites for hydroxylation is 2. The minimum absolute atomic E-state index is 0.680. The first-order valence-electron chi connectivity index (χ1n) is 5.46. The molecule has 86 valence electrons. The van der Waals surface area contributed by atoms with Crippen LogP contribution >= 0.6 is 0 Å². The van der Waals surface area contributed by atoms with Crippen molar-refractivity contribution in [3.05, 3.63) is 47.5 Å². The number of nitrogens with two attached hydrogens (primary N) is 1. The molecule has 0 unspecified atom stereocenters. The van der Waals surface area contributed by atoms with Gasteiger partial charge in [-0.25, -0.2) is 5.53 Å². The molecule has 3 nitrogen and oxygen atoms in total. The molecule has 0 aliphatic heterocycles. The Morgan fingerprint density at radius 2 is 1.53 bits per heavy atom. The Morgan fingerprint density at radius 1 is 0.941 bits per heavy atom. The van der Waals surface area contributed by atoms with Crippen LogP contribution in [-0.2, 0) is 0 Å². The number of nitrogen functional groups attached to an aromatic ring is 1. The van der Waals surface area contributed by atoms with Crippen LogP contribution in [-0.4, -0.2) is 0 Å². The van der Waals surface area contributed by atoms with Gasteiger partial charge in [0.2, 0.25) is 0 Å². The molecule has 17 heavy (non-hydrogen) atoms. The van der Waals surface area contributed by atoms with E-state index in [0.29, 0.717) is 5.69 Å². The van der Waals surface area contributed by atoms with Crippen LogP contribution in [0, 0.1) is 19.4 Å². The quantitative estimate of drug-likeness (QED) is 0.583. The van der Waals surface area contributed by atoms with Gasteiger partial charge in [-0.1, -0.05) is 12.1 Å². The number of benzene rings is 2. The third kappa shape index (κ3) is 2.18. The van der Waals surface area contributed by atoms with Crippen LogP contribution in [0.1, 0.15) is 11.1 Å².